The van der Waals surface area contributed by atoms with Crippen LogP contribution >= 0.6 is 0 Å². The van der Waals surface area contributed by atoms with Crippen LogP contribution in [0, 0.1) is 0 Å². The largest absolute Gasteiger partial charge is 0.382 e. The molecule has 0 fully saturated rings. The van der Waals surface area contributed by atoms with E-state index >= 15 is 0 Å². The van der Waals surface area contributed by atoms with Crippen molar-refractivity contribution in [1.29, 1.82) is 0 Å². The Morgan fingerprint density at radius 3 is 2.67 bits per heavy atom. The topological polar surface area (TPSA) is 60.9 Å². The Hall–Kier alpha value is -1.32. The molecule has 0 radical (unpaired) electrons. The molecule has 4 heteroatoms. The molecule has 0 aliphatic rings. The van der Waals surface area contributed by atoms with Crippen LogP contribution in [0.15, 0.2) is 10.9 Å². The number of nitrogen functional groups attached to an aromatic ring is 1. The van der Waals surface area contributed by atoms with E-state index in [0.717, 1.165) is 5.56 Å². The third-order valence-corrected chi connectivity index (χ3v) is 1.77. The van der Waals surface area contributed by atoms with E-state index in [2.05, 4.69) is 5.10 Å². The summed E-state index contributed by atoms with van der Waals surface area (Å²) in [5.74, 6) is 0.679. The second-order valence-electron chi connectivity index (χ2n) is 3.10. The molecule has 1 rings (SSSR count). The lowest BCUT2D eigenvalue weighted by Gasteiger charge is -2.07. The summed E-state index contributed by atoms with van der Waals surface area (Å²) in [7, 11) is 1.59. The van der Waals surface area contributed by atoms with Crippen LogP contribution in [0.25, 0.3) is 0 Å². The van der Waals surface area contributed by atoms with Gasteiger partial charge in [0.25, 0.3) is 5.56 Å². The Balaban J connectivity index is 3.33. The van der Waals surface area contributed by atoms with E-state index in [0.29, 0.717) is 5.82 Å². The van der Waals surface area contributed by atoms with E-state index in [1.807, 2.05) is 13.8 Å². The molecule has 1 aromatic heterocycles. The van der Waals surface area contributed by atoms with Crippen molar-refractivity contribution in [3.63, 3.8) is 0 Å². The minimum absolute atomic E-state index is 0.118. The quantitative estimate of drug-likeness (QED) is 0.662. The second-order valence-corrected chi connectivity index (χ2v) is 3.10. The van der Waals surface area contributed by atoms with Gasteiger partial charge in [-0.3, -0.25) is 4.79 Å². The highest BCUT2D eigenvalue weighted by molar-refractivity contribution is 5.39. The number of aromatic nitrogens is 2. The molecule has 1 heterocycles. The van der Waals surface area contributed by atoms with E-state index in [1.165, 1.54) is 10.7 Å². The number of hydrogen-bond donors (Lipinski definition) is 1. The van der Waals surface area contributed by atoms with Gasteiger partial charge in [-0.05, 0) is 5.92 Å². The summed E-state index contributed by atoms with van der Waals surface area (Å²) < 4.78 is 1.24. The van der Waals surface area contributed by atoms with Crippen molar-refractivity contribution in [1.82, 2.24) is 9.78 Å². The fourth-order valence-electron chi connectivity index (χ4n) is 1.03. The predicted molar refractivity (Wildman–Crippen MR) is 48.0 cm³/mol. The highest BCUT2D eigenvalue weighted by atomic mass is 16.1. The molecule has 0 saturated heterocycles. The second kappa shape index (κ2) is 2.97. The van der Waals surface area contributed by atoms with E-state index in [1.54, 1.807) is 7.05 Å². The van der Waals surface area contributed by atoms with Crippen molar-refractivity contribution in [2.75, 3.05) is 5.73 Å². The summed E-state index contributed by atoms with van der Waals surface area (Å²) >= 11 is 0. The average molecular weight is 167 g/mol. The highest BCUT2D eigenvalue weighted by Gasteiger charge is 2.06. The van der Waals surface area contributed by atoms with Crippen LogP contribution in [-0.4, -0.2) is 9.78 Å². The van der Waals surface area contributed by atoms with Gasteiger partial charge in [0.2, 0.25) is 0 Å². The van der Waals surface area contributed by atoms with E-state index in [9.17, 15) is 4.79 Å². The number of nitrogens with two attached hydrogens (primary N) is 1. The predicted octanol–water partition coefficient (Wildman–Crippen LogP) is 0.486. The van der Waals surface area contributed by atoms with Crippen molar-refractivity contribution in [2.24, 2.45) is 7.05 Å². The molecular formula is C8H13N3O. The Kier molecular flexibility index (Phi) is 2.17. The first kappa shape index (κ1) is 8.77. The summed E-state index contributed by atoms with van der Waals surface area (Å²) in [5.41, 5.74) is 6.32. The van der Waals surface area contributed by atoms with Gasteiger partial charge >= 0.3 is 0 Å². The van der Waals surface area contributed by atoms with Gasteiger partial charge in [0.1, 0.15) is 5.82 Å². The average Bonchev–Trinajstić information content (AvgIpc) is 1.96. The lowest BCUT2D eigenvalue weighted by Crippen LogP contribution is -2.21. The molecule has 66 valence electrons. The lowest BCUT2D eigenvalue weighted by molar-refractivity contribution is 0.697. The molecule has 0 aliphatic heterocycles. The van der Waals surface area contributed by atoms with Crippen molar-refractivity contribution in [3.05, 3.63) is 22.0 Å². The third kappa shape index (κ3) is 1.47. The molecule has 0 atom stereocenters. The van der Waals surface area contributed by atoms with Crippen LogP contribution in [0.4, 0.5) is 5.82 Å². The van der Waals surface area contributed by atoms with E-state index < -0.39 is 0 Å². The fraction of sp³-hybridized carbons (Fsp3) is 0.500. The Bertz CT molecular complexity index is 341. The zero-order valence-electron chi connectivity index (χ0n) is 7.53. The summed E-state index contributed by atoms with van der Waals surface area (Å²) in [6.07, 6.45) is 0. The smallest absolute Gasteiger partial charge is 0.266 e. The molecule has 0 saturated carbocycles. The molecular weight excluding hydrogens is 154 g/mol. The number of aryl methyl sites for hydroxylation is 1. The minimum Gasteiger partial charge on any atom is -0.382 e. The molecule has 4 nitrogen and oxygen atoms in total. The molecule has 2 N–H and O–H groups in total. The van der Waals surface area contributed by atoms with E-state index in [-0.39, 0.29) is 11.5 Å². The van der Waals surface area contributed by atoms with Gasteiger partial charge in [-0.15, -0.1) is 0 Å². The normalized spacial score (nSPS) is 10.7. The summed E-state index contributed by atoms with van der Waals surface area (Å²) in [5, 5.41) is 3.88. The first-order chi connectivity index (χ1) is 5.52. The minimum atomic E-state index is -0.118. The number of rotatable bonds is 1. The maximum Gasteiger partial charge on any atom is 0.266 e. The monoisotopic (exact) mass is 167 g/mol. The van der Waals surface area contributed by atoms with Gasteiger partial charge < -0.3 is 5.73 Å². The number of nitrogens with zero attached hydrogens (tertiary/aromatic N) is 2. The van der Waals surface area contributed by atoms with Crippen LogP contribution in [0.1, 0.15) is 25.3 Å². The molecule has 0 aliphatic carbocycles. The third-order valence-electron chi connectivity index (χ3n) is 1.77. The number of hydrogen-bond acceptors (Lipinski definition) is 3. The molecule has 0 aromatic carbocycles. The van der Waals surface area contributed by atoms with Crippen LogP contribution in [-0.2, 0) is 7.05 Å². The Morgan fingerprint density at radius 1 is 1.58 bits per heavy atom. The standard InChI is InChI=1S/C8H13N3O/c1-5(2)6-4-7(12)11(3)10-8(6)9/h4-5H,1-3H3,(H2,9,10). The van der Waals surface area contributed by atoms with Gasteiger partial charge in [-0.1, -0.05) is 13.8 Å². The molecule has 0 spiro atoms. The first-order valence-electron chi connectivity index (χ1n) is 3.86. The summed E-state index contributed by atoms with van der Waals surface area (Å²) in [6, 6.07) is 1.53. The molecule has 0 bridgehead atoms. The van der Waals surface area contributed by atoms with Crippen LogP contribution in [0.5, 0.6) is 0 Å². The molecule has 12 heavy (non-hydrogen) atoms. The van der Waals surface area contributed by atoms with Crippen molar-refractivity contribution in [3.8, 4) is 0 Å². The van der Waals surface area contributed by atoms with Crippen LogP contribution < -0.4 is 11.3 Å². The van der Waals surface area contributed by atoms with Gasteiger partial charge in [-0.25, -0.2) is 4.68 Å². The van der Waals surface area contributed by atoms with Gasteiger partial charge in [0, 0.05) is 18.7 Å². The highest BCUT2D eigenvalue weighted by Crippen LogP contribution is 2.16. The fourth-order valence-corrected chi connectivity index (χ4v) is 1.03. The molecule has 1 aromatic rings. The van der Waals surface area contributed by atoms with Crippen LogP contribution in [0.2, 0.25) is 0 Å². The maximum absolute atomic E-state index is 11.1. The van der Waals surface area contributed by atoms with E-state index in [4.69, 9.17) is 5.73 Å². The Morgan fingerprint density at radius 2 is 2.17 bits per heavy atom. The maximum atomic E-state index is 11.1. The van der Waals surface area contributed by atoms with Crippen LogP contribution in [0.3, 0.4) is 0 Å². The number of anilines is 1. The van der Waals surface area contributed by atoms with Gasteiger partial charge in [0.05, 0.1) is 0 Å². The summed E-state index contributed by atoms with van der Waals surface area (Å²) in [4.78, 5) is 11.1. The zero-order valence-corrected chi connectivity index (χ0v) is 7.53. The van der Waals surface area contributed by atoms with Crippen molar-refractivity contribution in [2.45, 2.75) is 19.8 Å². The first-order valence-corrected chi connectivity index (χ1v) is 3.86. The van der Waals surface area contributed by atoms with Crippen molar-refractivity contribution >= 4 is 5.82 Å². The summed E-state index contributed by atoms with van der Waals surface area (Å²) in [6.45, 7) is 3.96. The SMILES string of the molecule is CC(C)c1cc(=O)n(C)nc1N. The van der Waals surface area contributed by atoms with Gasteiger partial charge in [0.15, 0.2) is 0 Å². The lowest BCUT2D eigenvalue weighted by atomic mass is 10.1. The molecule has 0 amide bonds. The Labute approximate surface area is 71.0 Å². The van der Waals surface area contributed by atoms with Gasteiger partial charge in [-0.2, -0.15) is 5.10 Å². The zero-order chi connectivity index (χ0) is 9.30. The molecule has 0 unspecified atom stereocenters. The van der Waals surface area contributed by atoms with Crippen molar-refractivity contribution < 1.29 is 0 Å².